The normalized spacial score (nSPS) is 15.5. The molecule has 5 rings (SSSR count). The van der Waals surface area contributed by atoms with Crippen LogP contribution in [0.1, 0.15) is 29.8 Å². The van der Waals surface area contributed by atoms with E-state index in [1.807, 2.05) is 19.1 Å². The Balaban J connectivity index is 0.00000171. The monoisotopic (exact) mass is 523 g/mol. The molecule has 3 aromatic heterocycles. The maximum Gasteiger partial charge on any atom is 0.279 e. The van der Waals surface area contributed by atoms with Crippen LogP contribution in [-0.4, -0.2) is 58.6 Å². The number of aromatic amines is 2. The molecule has 1 aliphatic heterocycles. The maximum atomic E-state index is 14.8. The lowest BCUT2D eigenvalue weighted by atomic mass is 9.86. The first-order chi connectivity index (χ1) is 15.8. The Morgan fingerprint density at radius 3 is 2.57 bits per heavy atom. The first kappa shape index (κ1) is 26.8. The standard InChI is InChI=1S/C23H26FN7O2.2ClH/c1-14-9-18(28-27-14)15-3-4-16(17(24)10-15)12-31-7-5-23(33,6-8-31)11-19-20-21(29-30(19)2)22(32)26-13-25-20;;/h3-4,9-10,13,33H,5-8,11-12H2,1-2H3,(H,27,28)(H,25,26,32);2*1H. The summed E-state index contributed by atoms with van der Waals surface area (Å²) < 4.78 is 16.4. The van der Waals surface area contributed by atoms with Crippen LogP contribution in [-0.2, 0) is 20.0 Å². The van der Waals surface area contributed by atoms with E-state index in [9.17, 15) is 14.3 Å². The van der Waals surface area contributed by atoms with Crippen LogP contribution in [0.4, 0.5) is 4.39 Å². The summed E-state index contributed by atoms with van der Waals surface area (Å²) in [6.07, 6.45) is 2.79. The van der Waals surface area contributed by atoms with Gasteiger partial charge in [0.15, 0.2) is 5.52 Å². The molecule has 1 fully saturated rings. The molecule has 1 aliphatic rings. The van der Waals surface area contributed by atoms with Gasteiger partial charge in [-0.1, -0.05) is 12.1 Å². The molecule has 0 saturated carbocycles. The van der Waals surface area contributed by atoms with E-state index in [2.05, 4.69) is 30.2 Å². The van der Waals surface area contributed by atoms with Crippen molar-refractivity contribution in [3.8, 4) is 11.3 Å². The second-order valence-electron chi connectivity index (χ2n) is 8.92. The van der Waals surface area contributed by atoms with Crippen LogP contribution < -0.4 is 5.56 Å². The fourth-order valence-corrected chi connectivity index (χ4v) is 4.52. The molecular weight excluding hydrogens is 496 g/mol. The third-order valence-corrected chi connectivity index (χ3v) is 6.47. The predicted molar refractivity (Wildman–Crippen MR) is 136 cm³/mol. The molecule has 0 radical (unpaired) electrons. The van der Waals surface area contributed by atoms with Gasteiger partial charge in [0.25, 0.3) is 5.56 Å². The highest BCUT2D eigenvalue weighted by Gasteiger charge is 2.34. The van der Waals surface area contributed by atoms with Crippen molar-refractivity contribution in [1.82, 2.24) is 34.8 Å². The SMILES string of the molecule is Cc1cc(-c2ccc(CN3CCC(O)(Cc4c5nc[nH]c(=O)c5nn4C)CC3)c(F)c2)n[nH]1.Cl.Cl. The van der Waals surface area contributed by atoms with Crippen molar-refractivity contribution in [3.05, 3.63) is 63.7 Å². The Kier molecular flexibility index (Phi) is 8.00. The molecule has 0 bridgehead atoms. The summed E-state index contributed by atoms with van der Waals surface area (Å²) >= 11 is 0. The molecule has 3 N–H and O–H groups in total. The topological polar surface area (TPSA) is 116 Å². The highest BCUT2D eigenvalue weighted by Crippen LogP contribution is 2.29. The molecule has 4 heterocycles. The minimum absolute atomic E-state index is 0. The second-order valence-corrected chi connectivity index (χ2v) is 8.92. The number of aliphatic hydroxyl groups is 1. The lowest BCUT2D eigenvalue weighted by molar-refractivity contribution is -0.0236. The summed E-state index contributed by atoms with van der Waals surface area (Å²) in [4.78, 5) is 20.9. The quantitative estimate of drug-likeness (QED) is 0.370. The van der Waals surface area contributed by atoms with E-state index >= 15 is 0 Å². The molecule has 0 spiro atoms. The van der Waals surface area contributed by atoms with Gasteiger partial charge in [0.1, 0.15) is 11.3 Å². The lowest BCUT2D eigenvalue weighted by Crippen LogP contribution is -2.45. The zero-order chi connectivity index (χ0) is 23.2. The lowest BCUT2D eigenvalue weighted by Gasteiger charge is -2.38. The number of rotatable bonds is 5. The number of aromatic nitrogens is 6. The number of nitrogens with one attached hydrogen (secondary N) is 2. The molecule has 9 nitrogen and oxygen atoms in total. The zero-order valence-corrected chi connectivity index (χ0v) is 21.0. The Labute approximate surface area is 213 Å². The molecule has 0 unspecified atom stereocenters. The average molecular weight is 524 g/mol. The van der Waals surface area contributed by atoms with Crippen LogP contribution >= 0.6 is 24.8 Å². The molecule has 35 heavy (non-hydrogen) atoms. The summed E-state index contributed by atoms with van der Waals surface area (Å²) in [5, 5.41) is 22.6. The zero-order valence-electron chi connectivity index (χ0n) is 19.4. The van der Waals surface area contributed by atoms with Crippen LogP contribution in [0.25, 0.3) is 22.3 Å². The van der Waals surface area contributed by atoms with Crippen molar-refractivity contribution in [2.45, 2.75) is 38.3 Å². The van der Waals surface area contributed by atoms with Gasteiger partial charge in [0.05, 0.1) is 23.3 Å². The Bertz CT molecular complexity index is 1380. The molecule has 0 atom stereocenters. The van der Waals surface area contributed by atoms with Gasteiger partial charge in [-0.25, -0.2) is 9.37 Å². The van der Waals surface area contributed by atoms with Crippen molar-refractivity contribution in [2.24, 2.45) is 7.05 Å². The largest absolute Gasteiger partial charge is 0.389 e. The molecule has 12 heteroatoms. The van der Waals surface area contributed by atoms with Gasteiger partial charge in [-0.05, 0) is 31.9 Å². The highest BCUT2D eigenvalue weighted by atomic mass is 35.5. The molecule has 1 saturated heterocycles. The Morgan fingerprint density at radius 1 is 1.17 bits per heavy atom. The summed E-state index contributed by atoms with van der Waals surface area (Å²) in [6, 6.07) is 7.10. The number of nitrogens with zero attached hydrogens (tertiary/aromatic N) is 5. The summed E-state index contributed by atoms with van der Waals surface area (Å²) in [6.45, 7) is 3.67. The minimum Gasteiger partial charge on any atom is -0.389 e. The fraction of sp³-hybridized carbons (Fsp3) is 0.391. The molecule has 188 valence electrons. The van der Waals surface area contributed by atoms with Gasteiger partial charge in [0.2, 0.25) is 0 Å². The third-order valence-electron chi connectivity index (χ3n) is 6.47. The Morgan fingerprint density at radius 2 is 1.91 bits per heavy atom. The van der Waals surface area contributed by atoms with Gasteiger partial charge in [-0.2, -0.15) is 10.2 Å². The number of aryl methyl sites for hydroxylation is 2. The van der Waals surface area contributed by atoms with Gasteiger partial charge in [0, 0.05) is 49.9 Å². The van der Waals surface area contributed by atoms with Crippen molar-refractivity contribution in [3.63, 3.8) is 0 Å². The highest BCUT2D eigenvalue weighted by molar-refractivity contribution is 5.85. The first-order valence-corrected chi connectivity index (χ1v) is 11.0. The number of hydrogen-bond donors (Lipinski definition) is 3. The minimum atomic E-state index is -0.929. The van der Waals surface area contributed by atoms with Gasteiger partial charge >= 0.3 is 0 Å². The number of likely N-dealkylation sites (tertiary alicyclic amines) is 1. The summed E-state index contributed by atoms with van der Waals surface area (Å²) in [7, 11) is 1.76. The van der Waals surface area contributed by atoms with Crippen LogP contribution in [0.3, 0.4) is 0 Å². The van der Waals surface area contributed by atoms with Crippen molar-refractivity contribution in [1.29, 1.82) is 0 Å². The van der Waals surface area contributed by atoms with Crippen molar-refractivity contribution < 1.29 is 9.50 Å². The molecule has 4 aromatic rings. The van der Waals surface area contributed by atoms with E-state index in [1.165, 1.54) is 12.4 Å². The van der Waals surface area contributed by atoms with E-state index in [1.54, 1.807) is 17.8 Å². The number of fused-ring (bicyclic) bond motifs is 1. The van der Waals surface area contributed by atoms with E-state index < -0.39 is 5.60 Å². The summed E-state index contributed by atoms with van der Waals surface area (Å²) in [5.41, 5.74) is 3.33. The van der Waals surface area contributed by atoms with Crippen LogP contribution in [0.15, 0.2) is 35.4 Å². The van der Waals surface area contributed by atoms with Gasteiger partial charge < -0.3 is 10.1 Å². The maximum absolute atomic E-state index is 14.8. The van der Waals surface area contributed by atoms with E-state index in [0.717, 1.165) is 22.6 Å². The summed E-state index contributed by atoms with van der Waals surface area (Å²) in [5.74, 6) is -0.258. The van der Waals surface area contributed by atoms with Gasteiger partial charge in [-0.3, -0.25) is 19.5 Å². The first-order valence-electron chi connectivity index (χ1n) is 11.0. The number of hydrogen-bond acceptors (Lipinski definition) is 6. The Hall–Kier alpha value is -2.79. The van der Waals surface area contributed by atoms with Crippen LogP contribution in [0, 0.1) is 12.7 Å². The number of piperidine rings is 1. The molecule has 1 aromatic carbocycles. The number of H-pyrrole nitrogens is 2. The third kappa shape index (κ3) is 5.40. The predicted octanol–water partition coefficient (Wildman–Crippen LogP) is 2.91. The smallest absolute Gasteiger partial charge is 0.279 e. The molecular formula is C23H28Cl2FN7O2. The van der Waals surface area contributed by atoms with Crippen LogP contribution in [0.2, 0.25) is 0 Å². The number of halogens is 3. The van der Waals surface area contributed by atoms with Crippen LogP contribution in [0.5, 0.6) is 0 Å². The average Bonchev–Trinajstić information content (AvgIpc) is 3.36. The fourth-order valence-electron chi connectivity index (χ4n) is 4.52. The van der Waals surface area contributed by atoms with Crippen molar-refractivity contribution >= 4 is 35.8 Å². The van der Waals surface area contributed by atoms with Crippen molar-refractivity contribution in [2.75, 3.05) is 13.1 Å². The molecule has 0 aliphatic carbocycles. The van der Waals surface area contributed by atoms with Gasteiger partial charge in [-0.15, -0.1) is 24.8 Å². The van der Waals surface area contributed by atoms with E-state index in [-0.39, 0.29) is 41.7 Å². The second kappa shape index (κ2) is 10.4. The van der Waals surface area contributed by atoms with E-state index in [0.29, 0.717) is 50.0 Å². The molecule has 0 amide bonds. The van der Waals surface area contributed by atoms with E-state index in [4.69, 9.17) is 0 Å². The number of benzene rings is 1.